The number of hydrogen-bond acceptors (Lipinski definition) is 5. The fourth-order valence-electron chi connectivity index (χ4n) is 4.81. The van der Waals surface area contributed by atoms with Crippen molar-refractivity contribution in [2.75, 3.05) is 18.6 Å². The molecule has 6 heteroatoms. The molecule has 4 rings (SSSR count). The van der Waals surface area contributed by atoms with E-state index in [2.05, 4.69) is 45.6 Å². The Morgan fingerprint density at radius 3 is 2.48 bits per heavy atom. The van der Waals surface area contributed by atoms with E-state index in [1.807, 2.05) is 10.3 Å². The molecule has 1 spiro atoms. The van der Waals surface area contributed by atoms with Gasteiger partial charge in [0.05, 0.1) is 30.6 Å². The molecule has 3 aliphatic rings. The quantitative estimate of drug-likeness (QED) is 0.245. The van der Waals surface area contributed by atoms with Gasteiger partial charge in [-0.2, -0.15) is 0 Å². The number of epoxide rings is 1. The molecule has 1 unspecified atom stereocenters. The summed E-state index contributed by atoms with van der Waals surface area (Å²) in [6.07, 6.45) is 8.37. The Kier molecular flexibility index (Phi) is 6.75. The van der Waals surface area contributed by atoms with Gasteiger partial charge in [0.1, 0.15) is 4.88 Å². The Morgan fingerprint density at radius 2 is 1.94 bits per heavy atom. The fourth-order valence-corrected chi connectivity index (χ4v) is 5.71. The van der Waals surface area contributed by atoms with E-state index in [1.165, 1.54) is 24.0 Å². The second kappa shape index (κ2) is 9.27. The van der Waals surface area contributed by atoms with Crippen LogP contribution in [0.5, 0.6) is 0 Å². The monoisotopic (exact) mass is 469 g/mol. The van der Waals surface area contributed by atoms with Crippen molar-refractivity contribution in [2.45, 2.75) is 84.3 Å². The van der Waals surface area contributed by atoms with Crippen LogP contribution in [-0.4, -0.2) is 37.2 Å². The molecule has 1 saturated heterocycles. The summed E-state index contributed by atoms with van der Waals surface area (Å²) in [5, 5.41) is 1.90. The number of amides is 1. The summed E-state index contributed by atoms with van der Waals surface area (Å²) in [6.45, 7) is 9.13. The molecular weight excluding hydrogens is 434 g/mol. The van der Waals surface area contributed by atoms with Crippen LogP contribution in [0.3, 0.4) is 0 Å². The van der Waals surface area contributed by atoms with Gasteiger partial charge in [-0.1, -0.05) is 23.5 Å². The topological polar surface area (TPSA) is 59.1 Å². The first-order valence-electron chi connectivity index (χ1n) is 12.0. The molecule has 178 valence electrons. The van der Waals surface area contributed by atoms with Gasteiger partial charge in [0.2, 0.25) is 5.91 Å². The van der Waals surface area contributed by atoms with Gasteiger partial charge in [0.15, 0.2) is 0 Å². The molecule has 0 radical (unpaired) electrons. The zero-order chi connectivity index (χ0) is 23.8. The largest absolute Gasteiger partial charge is 0.465 e. The Morgan fingerprint density at radius 1 is 1.24 bits per heavy atom. The summed E-state index contributed by atoms with van der Waals surface area (Å²) in [4.78, 5) is 29.2. The first kappa shape index (κ1) is 24.0. The van der Waals surface area contributed by atoms with Crippen molar-refractivity contribution in [1.29, 1.82) is 0 Å². The number of esters is 1. The van der Waals surface area contributed by atoms with Crippen molar-refractivity contribution >= 4 is 28.9 Å². The van der Waals surface area contributed by atoms with E-state index in [0.717, 1.165) is 57.1 Å². The molecule has 1 amide bonds. The van der Waals surface area contributed by atoms with Crippen molar-refractivity contribution in [3.8, 4) is 11.8 Å². The SMILES string of the molecule is COC(=O)c1scc(C#CC(C)(C)C)c1N(C(=O)C1CC=C(C)CC1)C1CCC2(CC1)CO2. The van der Waals surface area contributed by atoms with E-state index < -0.39 is 5.97 Å². The minimum Gasteiger partial charge on any atom is -0.465 e. The highest BCUT2D eigenvalue weighted by atomic mass is 32.1. The number of ether oxygens (including phenoxy) is 2. The van der Waals surface area contributed by atoms with Gasteiger partial charge in [-0.25, -0.2) is 4.79 Å². The molecule has 1 aliphatic heterocycles. The van der Waals surface area contributed by atoms with E-state index in [1.54, 1.807) is 0 Å². The number of carbonyl (C=O) groups excluding carboxylic acids is 2. The van der Waals surface area contributed by atoms with E-state index >= 15 is 0 Å². The van der Waals surface area contributed by atoms with Gasteiger partial charge >= 0.3 is 5.97 Å². The Labute approximate surface area is 201 Å². The van der Waals surface area contributed by atoms with Gasteiger partial charge in [0.25, 0.3) is 0 Å². The van der Waals surface area contributed by atoms with Gasteiger partial charge in [-0.3, -0.25) is 4.79 Å². The smallest absolute Gasteiger partial charge is 0.350 e. The molecule has 2 heterocycles. The van der Waals surface area contributed by atoms with Crippen LogP contribution in [0.1, 0.15) is 87.9 Å². The lowest BCUT2D eigenvalue weighted by Crippen LogP contribution is -2.47. The highest BCUT2D eigenvalue weighted by molar-refractivity contribution is 7.13. The normalized spacial score (nSPS) is 26.8. The van der Waals surface area contributed by atoms with E-state index in [0.29, 0.717) is 10.6 Å². The van der Waals surface area contributed by atoms with Crippen molar-refractivity contribution in [1.82, 2.24) is 0 Å². The summed E-state index contributed by atoms with van der Waals surface area (Å²) < 4.78 is 10.8. The van der Waals surface area contributed by atoms with Crippen LogP contribution in [0.4, 0.5) is 5.69 Å². The molecule has 5 nitrogen and oxygen atoms in total. The fraction of sp³-hybridized carbons (Fsp3) is 0.630. The number of hydrogen-bond donors (Lipinski definition) is 0. The average Bonchev–Trinajstić information content (AvgIpc) is 3.41. The lowest BCUT2D eigenvalue weighted by molar-refractivity contribution is -0.123. The number of carbonyl (C=O) groups is 2. The third-order valence-corrected chi connectivity index (χ3v) is 7.91. The van der Waals surface area contributed by atoms with Crippen LogP contribution in [-0.2, 0) is 14.3 Å². The van der Waals surface area contributed by atoms with Crippen molar-refractivity contribution in [2.24, 2.45) is 11.3 Å². The Balaban J connectivity index is 1.76. The predicted molar refractivity (Wildman–Crippen MR) is 132 cm³/mol. The van der Waals surface area contributed by atoms with Crippen LogP contribution >= 0.6 is 11.3 Å². The minimum atomic E-state index is -0.409. The van der Waals surface area contributed by atoms with Gasteiger partial charge in [-0.05, 0) is 72.6 Å². The van der Waals surface area contributed by atoms with Crippen molar-refractivity contribution in [3.05, 3.63) is 27.5 Å². The standard InChI is InChI=1S/C27H35NO4S/c1-18-6-8-19(9-7-18)24(29)28(21-11-14-27(15-12-21)17-32-27)22-20(10-13-26(2,3)4)16-33-23(22)25(30)31-5/h6,16,19,21H,7-9,11-12,14-15,17H2,1-5H3. The second-order valence-corrected chi connectivity index (χ2v) is 11.6. The molecule has 0 aromatic carbocycles. The van der Waals surface area contributed by atoms with Gasteiger partial charge in [0, 0.05) is 22.8 Å². The van der Waals surface area contributed by atoms with Crippen LogP contribution in [0.15, 0.2) is 17.0 Å². The van der Waals surface area contributed by atoms with Gasteiger partial charge < -0.3 is 14.4 Å². The zero-order valence-electron chi connectivity index (χ0n) is 20.5. The van der Waals surface area contributed by atoms with Crippen LogP contribution in [0.2, 0.25) is 0 Å². The first-order valence-corrected chi connectivity index (χ1v) is 12.9. The molecule has 1 saturated carbocycles. The van der Waals surface area contributed by atoms with E-state index in [4.69, 9.17) is 9.47 Å². The molecule has 2 aliphatic carbocycles. The van der Waals surface area contributed by atoms with Crippen molar-refractivity contribution < 1.29 is 19.1 Å². The Bertz CT molecular complexity index is 1010. The molecule has 33 heavy (non-hydrogen) atoms. The summed E-state index contributed by atoms with van der Waals surface area (Å²) in [6, 6.07) is 0.0347. The maximum absolute atomic E-state index is 14.1. The van der Waals surface area contributed by atoms with Gasteiger partial charge in [-0.15, -0.1) is 11.3 Å². The predicted octanol–water partition coefficient (Wildman–Crippen LogP) is 5.72. The molecule has 1 aromatic heterocycles. The number of allylic oxidation sites excluding steroid dienone is 2. The minimum absolute atomic E-state index is 0.0323. The maximum Gasteiger partial charge on any atom is 0.350 e. The number of methoxy groups -OCH3 is 1. The van der Waals surface area contributed by atoms with E-state index in [9.17, 15) is 9.59 Å². The van der Waals surface area contributed by atoms with Crippen LogP contribution in [0, 0.1) is 23.2 Å². The lowest BCUT2D eigenvalue weighted by atomic mass is 9.83. The summed E-state index contributed by atoms with van der Waals surface area (Å²) >= 11 is 1.32. The molecule has 0 bridgehead atoms. The highest BCUT2D eigenvalue weighted by Gasteiger charge is 2.49. The first-order chi connectivity index (χ1) is 15.6. The highest BCUT2D eigenvalue weighted by Crippen LogP contribution is 2.45. The summed E-state index contributed by atoms with van der Waals surface area (Å²) in [7, 11) is 1.39. The molecule has 0 N–H and O–H groups in total. The average molecular weight is 470 g/mol. The Hall–Kier alpha value is -2.10. The third-order valence-electron chi connectivity index (χ3n) is 6.96. The van der Waals surface area contributed by atoms with E-state index in [-0.39, 0.29) is 28.9 Å². The van der Waals surface area contributed by atoms with Crippen LogP contribution in [0.25, 0.3) is 0 Å². The maximum atomic E-state index is 14.1. The molecule has 1 aromatic rings. The number of nitrogens with zero attached hydrogens (tertiary/aromatic N) is 1. The molecular formula is C27H35NO4S. The molecule has 2 fully saturated rings. The number of rotatable bonds is 4. The zero-order valence-corrected chi connectivity index (χ0v) is 21.3. The number of thiophene rings is 1. The van der Waals surface area contributed by atoms with Crippen molar-refractivity contribution in [3.63, 3.8) is 0 Å². The molecule has 1 atom stereocenters. The third kappa shape index (κ3) is 5.36. The summed E-state index contributed by atoms with van der Waals surface area (Å²) in [5.74, 6) is 6.21. The number of anilines is 1. The summed E-state index contributed by atoms with van der Waals surface area (Å²) in [5.41, 5.74) is 2.58. The lowest BCUT2D eigenvalue weighted by Gasteiger charge is -2.38. The second-order valence-electron chi connectivity index (χ2n) is 10.8. The van der Waals surface area contributed by atoms with Crippen LogP contribution < -0.4 is 4.90 Å².